The highest BCUT2D eigenvalue weighted by molar-refractivity contribution is 9.10. The number of rotatable bonds is 3. The Morgan fingerprint density at radius 1 is 1.00 bits per heavy atom. The van der Waals surface area contributed by atoms with E-state index in [1.165, 1.54) is 4.90 Å². The second-order valence-corrected chi connectivity index (χ2v) is 10.1. The first kappa shape index (κ1) is 19.3. The van der Waals surface area contributed by atoms with E-state index in [1.807, 2.05) is 0 Å². The van der Waals surface area contributed by atoms with E-state index in [9.17, 15) is 14.4 Å². The van der Waals surface area contributed by atoms with Gasteiger partial charge in [-0.2, -0.15) is 0 Å². The largest absolute Gasteiger partial charge is 0.321 e. The lowest BCUT2D eigenvalue weighted by Crippen LogP contribution is -2.40. The predicted octanol–water partition coefficient (Wildman–Crippen LogP) is 4.91. The van der Waals surface area contributed by atoms with E-state index >= 15 is 0 Å². The lowest BCUT2D eigenvalue weighted by molar-refractivity contribution is -0.124. The molecule has 156 valence electrons. The minimum Gasteiger partial charge on any atom is -0.321 e. The van der Waals surface area contributed by atoms with Crippen LogP contribution in [-0.2, 0) is 9.59 Å². The van der Waals surface area contributed by atoms with Crippen LogP contribution in [0.2, 0.25) is 5.02 Å². The molecule has 4 aliphatic carbocycles. The number of halogens is 2. The number of allylic oxidation sites excluding steroid dienone is 2. The van der Waals surface area contributed by atoms with Crippen molar-refractivity contribution in [2.24, 2.45) is 35.5 Å². The number of imide groups is 1. The van der Waals surface area contributed by atoms with Crippen LogP contribution in [0.25, 0.3) is 0 Å². The molecule has 7 rings (SSSR count). The van der Waals surface area contributed by atoms with Crippen molar-refractivity contribution < 1.29 is 14.4 Å². The lowest BCUT2D eigenvalue weighted by atomic mass is 9.63. The summed E-state index contributed by atoms with van der Waals surface area (Å²) in [7, 11) is 0. The van der Waals surface area contributed by atoms with Crippen molar-refractivity contribution in [3.8, 4) is 0 Å². The van der Waals surface area contributed by atoms with E-state index in [0.29, 0.717) is 33.8 Å². The number of carbonyl (C=O) groups excluding carboxylic acids is 3. The van der Waals surface area contributed by atoms with E-state index in [4.69, 9.17) is 11.6 Å². The van der Waals surface area contributed by atoms with Gasteiger partial charge in [0.2, 0.25) is 11.8 Å². The van der Waals surface area contributed by atoms with E-state index in [1.54, 1.807) is 42.5 Å². The molecule has 1 aliphatic heterocycles. The lowest BCUT2D eigenvalue weighted by Gasteiger charge is -2.37. The number of benzene rings is 2. The number of nitrogens with one attached hydrogen (secondary N) is 1. The minimum atomic E-state index is -0.356. The van der Waals surface area contributed by atoms with Crippen LogP contribution in [0.4, 0.5) is 11.4 Å². The Morgan fingerprint density at radius 2 is 1.68 bits per heavy atom. The molecule has 1 saturated heterocycles. The van der Waals surface area contributed by atoms with Gasteiger partial charge in [0.05, 0.1) is 28.2 Å². The molecule has 0 radical (unpaired) electrons. The summed E-state index contributed by atoms with van der Waals surface area (Å²) in [5.41, 5.74) is 1.30. The van der Waals surface area contributed by atoms with Gasteiger partial charge in [-0.05, 0) is 66.5 Å². The molecule has 1 heterocycles. The molecule has 5 nitrogen and oxygen atoms in total. The van der Waals surface area contributed by atoms with Gasteiger partial charge in [-0.15, -0.1) is 0 Å². The molecular weight excluding hydrogens is 480 g/mol. The number of carbonyl (C=O) groups is 3. The van der Waals surface area contributed by atoms with Crippen LogP contribution in [0, 0.1) is 35.5 Å². The normalized spacial score (nSPS) is 32.1. The number of anilines is 2. The van der Waals surface area contributed by atoms with Crippen LogP contribution in [0.3, 0.4) is 0 Å². The van der Waals surface area contributed by atoms with Gasteiger partial charge in [-0.3, -0.25) is 14.4 Å². The average Bonchev–Trinajstić information content (AvgIpc) is 3.53. The predicted molar refractivity (Wildman–Crippen MR) is 121 cm³/mol. The molecule has 1 N–H and O–H groups in total. The maximum absolute atomic E-state index is 13.3. The SMILES string of the molecule is O=C(Nc1ccc(Br)cc1Cl)c1cccc(N2C(=O)[C@@H]3[C@H]4C=C[C@@H]([C@@H]5C[C@@H]45)[C@H]3C2=O)c1. The standard InChI is InChI=1S/C24H18BrClN2O3/c25-12-4-7-19(18(26)9-12)27-22(29)11-2-1-3-13(8-11)28-23(30)20-14-5-6-15(17-10-16(14)17)21(20)24(28)31/h1-9,14-17,20-21H,10H2,(H,27,29)/t14-,15-,16-,17-,20+,21+/m0/s1. The second kappa shape index (κ2) is 6.78. The van der Waals surface area contributed by atoms with Crippen LogP contribution < -0.4 is 10.2 Å². The topological polar surface area (TPSA) is 66.5 Å². The Bertz CT molecular complexity index is 1160. The molecule has 2 saturated carbocycles. The minimum absolute atomic E-state index is 0.131. The van der Waals surface area contributed by atoms with Crippen LogP contribution in [-0.4, -0.2) is 17.7 Å². The number of nitrogens with zero attached hydrogens (tertiary/aromatic N) is 1. The van der Waals surface area contributed by atoms with Crippen molar-refractivity contribution in [2.75, 3.05) is 10.2 Å². The Hall–Kier alpha value is -2.44. The first-order valence-corrected chi connectivity index (χ1v) is 11.5. The highest BCUT2D eigenvalue weighted by Crippen LogP contribution is 2.65. The van der Waals surface area contributed by atoms with Gasteiger partial charge in [0.15, 0.2) is 0 Å². The summed E-state index contributed by atoms with van der Waals surface area (Å²) >= 11 is 9.54. The average molecular weight is 498 g/mol. The quantitative estimate of drug-likeness (QED) is 0.484. The van der Waals surface area contributed by atoms with Gasteiger partial charge in [0.25, 0.3) is 5.91 Å². The molecule has 0 unspecified atom stereocenters. The first-order valence-electron chi connectivity index (χ1n) is 10.4. The van der Waals surface area contributed by atoms with Gasteiger partial charge < -0.3 is 5.32 Å². The van der Waals surface area contributed by atoms with Crippen molar-refractivity contribution in [2.45, 2.75) is 6.42 Å². The molecule has 2 aromatic carbocycles. The number of hydrogen-bond donors (Lipinski definition) is 1. The summed E-state index contributed by atoms with van der Waals surface area (Å²) < 4.78 is 0.811. The van der Waals surface area contributed by atoms with E-state index in [2.05, 4.69) is 33.4 Å². The van der Waals surface area contributed by atoms with Gasteiger partial charge in [0.1, 0.15) is 0 Å². The van der Waals surface area contributed by atoms with Gasteiger partial charge in [-0.1, -0.05) is 45.7 Å². The van der Waals surface area contributed by atoms with Crippen molar-refractivity contribution in [1.82, 2.24) is 0 Å². The fraction of sp³-hybridized carbons (Fsp3) is 0.292. The summed E-state index contributed by atoms with van der Waals surface area (Å²) in [5.74, 6) is 0.323. The fourth-order valence-corrected chi connectivity index (χ4v) is 6.50. The molecule has 31 heavy (non-hydrogen) atoms. The second-order valence-electron chi connectivity index (χ2n) is 8.80. The van der Waals surface area contributed by atoms with E-state index in [-0.39, 0.29) is 41.4 Å². The molecular formula is C24H18BrClN2O3. The van der Waals surface area contributed by atoms with Crippen molar-refractivity contribution in [3.05, 3.63) is 69.7 Å². The third kappa shape index (κ3) is 2.84. The van der Waals surface area contributed by atoms with Gasteiger partial charge >= 0.3 is 0 Å². The highest BCUT2D eigenvalue weighted by atomic mass is 79.9. The smallest absolute Gasteiger partial charge is 0.255 e. The van der Waals surface area contributed by atoms with Crippen molar-refractivity contribution in [1.29, 1.82) is 0 Å². The summed E-state index contributed by atoms with van der Waals surface area (Å²) in [6, 6.07) is 11.9. The Balaban J connectivity index is 1.28. The molecule has 2 bridgehead atoms. The maximum Gasteiger partial charge on any atom is 0.255 e. The van der Waals surface area contributed by atoms with Crippen LogP contribution in [0.1, 0.15) is 16.8 Å². The maximum atomic E-state index is 13.3. The monoisotopic (exact) mass is 496 g/mol. The fourth-order valence-electron chi connectivity index (χ4n) is 5.78. The first-order chi connectivity index (χ1) is 14.9. The molecule has 0 aromatic heterocycles. The zero-order valence-corrected chi connectivity index (χ0v) is 18.6. The molecule has 2 aromatic rings. The highest BCUT2D eigenvalue weighted by Gasteiger charge is 2.67. The molecule has 3 amide bonds. The van der Waals surface area contributed by atoms with Gasteiger partial charge in [0, 0.05) is 10.0 Å². The zero-order chi connectivity index (χ0) is 21.4. The number of hydrogen-bond acceptors (Lipinski definition) is 3. The van der Waals surface area contributed by atoms with E-state index in [0.717, 1.165) is 10.9 Å². The molecule has 3 fully saturated rings. The van der Waals surface area contributed by atoms with Crippen LogP contribution >= 0.6 is 27.5 Å². The Morgan fingerprint density at radius 3 is 2.32 bits per heavy atom. The summed E-state index contributed by atoms with van der Waals surface area (Å²) in [4.78, 5) is 40.7. The number of amides is 3. The van der Waals surface area contributed by atoms with Crippen molar-refractivity contribution >= 4 is 56.6 Å². The molecule has 7 heteroatoms. The molecule has 6 atom stereocenters. The van der Waals surface area contributed by atoms with E-state index < -0.39 is 0 Å². The summed E-state index contributed by atoms with van der Waals surface area (Å²) in [6.45, 7) is 0. The third-order valence-electron chi connectivity index (χ3n) is 7.21. The van der Waals surface area contributed by atoms with Gasteiger partial charge in [-0.25, -0.2) is 4.90 Å². The third-order valence-corrected chi connectivity index (χ3v) is 8.01. The molecule has 5 aliphatic rings. The summed E-state index contributed by atoms with van der Waals surface area (Å²) in [6.07, 6.45) is 5.44. The zero-order valence-electron chi connectivity index (χ0n) is 16.3. The Kier molecular flexibility index (Phi) is 4.21. The van der Waals surface area contributed by atoms with Crippen LogP contribution in [0.15, 0.2) is 59.1 Å². The van der Waals surface area contributed by atoms with Crippen LogP contribution in [0.5, 0.6) is 0 Å². The Labute approximate surface area is 192 Å². The molecule has 0 spiro atoms. The summed E-state index contributed by atoms with van der Waals surface area (Å²) in [5, 5.41) is 3.20. The van der Waals surface area contributed by atoms with Crippen molar-refractivity contribution in [3.63, 3.8) is 0 Å².